The number of carbonyl (C=O) groups is 3. The zero-order valence-corrected chi connectivity index (χ0v) is 20.8. The van der Waals surface area contributed by atoms with Crippen LogP contribution in [0, 0.1) is 0 Å². The van der Waals surface area contributed by atoms with Crippen molar-refractivity contribution in [2.45, 2.75) is 39.3 Å². The normalized spacial score (nSPS) is 12.0. The van der Waals surface area contributed by atoms with Crippen molar-refractivity contribution >= 4 is 40.6 Å². The van der Waals surface area contributed by atoms with Crippen LogP contribution in [0.4, 0.5) is 11.4 Å². The van der Waals surface area contributed by atoms with Gasteiger partial charge in [-0.15, -0.1) is 0 Å². The fraction of sp³-hybridized carbons (Fsp3) is 0.292. The summed E-state index contributed by atoms with van der Waals surface area (Å²) in [5, 5.41) is 2.95. The van der Waals surface area contributed by atoms with Gasteiger partial charge in [-0.25, -0.2) is 0 Å². The summed E-state index contributed by atoms with van der Waals surface area (Å²) in [5.74, 6) is -1.26. The Morgan fingerprint density at radius 1 is 1.11 bits per heavy atom. The van der Waals surface area contributed by atoms with Crippen molar-refractivity contribution < 1.29 is 19.1 Å². The standard InChI is InChI=1S/C24H28N6O4S/c1-5-34-16-8-6-15(7-9-16)30(23(33)20-17(25)18(21(26)31)29-35-20)19(14-10-12-27-13-11-14)22(32)28-24(2,3)4/h6-13,19H,5,25H2,1-4H3,(H2,26,31)(H,28,32)/t19-/m1/s1. The summed E-state index contributed by atoms with van der Waals surface area (Å²) >= 11 is 0.749. The van der Waals surface area contributed by atoms with Crippen LogP contribution in [0.2, 0.25) is 0 Å². The van der Waals surface area contributed by atoms with E-state index >= 15 is 0 Å². The van der Waals surface area contributed by atoms with Crippen LogP contribution in [0.3, 0.4) is 0 Å². The zero-order chi connectivity index (χ0) is 25.8. The molecule has 11 heteroatoms. The van der Waals surface area contributed by atoms with Gasteiger partial charge in [-0.3, -0.25) is 24.3 Å². The molecule has 3 amide bonds. The van der Waals surface area contributed by atoms with Crippen LogP contribution in [-0.2, 0) is 4.79 Å². The van der Waals surface area contributed by atoms with Crippen LogP contribution >= 0.6 is 11.5 Å². The summed E-state index contributed by atoms with van der Waals surface area (Å²) in [6.07, 6.45) is 3.08. The second-order valence-corrected chi connectivity index (χ2v) is 9.44. The molecule has 0 spiro atoms. The van der Waals surface area contributed by atoms with Gasteiger partial charge in [-0.05, 0) is 81.2 Å². The van der Waals surface area contributed by atoms with Gasteiger partial charge in [0.25, 0.3) is 11.8 Å². The highest BCUT2D eigenvalue weighted by Crippen LogP contribution is 2.34. The van der Waals surface area contributed by atoms with E-state index in [9.17, 15) is 14.4 Å². The third kappa shape index (κ3) is 5.93. The lowest BCUT2D eigenvalue weighted by Crippen LogP contribution is -2.49. The molecule has 184 valence electrons. The molecule has 0 radical (unpaired) electrons. The Kier molecular flexibility index (Phi) is 7.70. The SMILES string of the molecule is CCOc1ccc(N(C(=O)c2snc(C(N)=O)c2N)[C@@H](C(=O)NC(C)(C)C)c2ccncc2)cc1. The van der Waals surface area contributed by atoms with Crippen LogP contribution in [0.5, 0.6) is 5.75 Å². The molecule has 2 heterocycles. The third-order valence-corrected chi connectivity index (χ3v) is 5.68. The Labute approximate surface area is 207 Å². The van der Waals surface area contributed by atoms with Gasteiger partial charge >= 0.3 is 0 Å². The van der Waals surface area contributed by atoms with Crippen LogP contribution in [-0.4, -0.2) is 39.2 Å². The molecule has 35 heavy (non-hydrogen) atoms. The molecule has 0 aliphatic carbocycles. The van der Waals surface area contributed by atoms with Crippen molar-refractivity contribution in [3.05, 3.63) is 64.9 Å². The lowest BCUT2D eigenvalue weighted by molar-refractivity contribution is -0.123. The average Bonchev–Trinajstić information content (AvgIpc) is 3.19. The van der Waals surface area contributed by atoms with Crippen molar-refractivity contribution in [1.82, 2.24) is 14.7 Å². The number of carbonyl (C=O) groups excluding carboxylic acids is 3. The topological polar surface area (TPSA) is 154 Å². The van der Waals surface area contributed by atoms with Gasteiger partial charge in [0.1, 0.15) is 16.7 Å². The molecule has 2 aromatic heterocycles. The summed E-state index contributed by atoms with van der Waals surface area (Å²) in [4.78, 5) is 44.6. The number of anilines is 2. The Hall–Kier alpha value is -3.99. The number of nitrogen functional groups attached to an aromatic ring is 1. The highest BCUT2D eigenvalue weighted by molar-refractivity contribution is 7.09. The number of amides is 3. The van der Waals surface area contributed by atoms with Gasteiger partial charge in [-0.2, -0.15) is 4.37 Å². The molecule has 0 saturated heterocycles. The minimum atomic E-state index is -1.08. The molecule has 1 aromatic carbocycles. The number of primary amides is 1. The highest BCUT2D eigenvalue weighted by Gasteiger charge is 2.37. The summed E-state index contributed by atoms with van der Waals surface area (Å²) in [6.45, 7) is 7.87. The number of nitrogens with one attached hydrogen (secondary N) is 1. The predicted molar refractivity (Wildman–Crippen MR) is 134 cm³/mol. The van der Waals surface area contributed by atoms with Crippen LogP contribution in [0.25, 0.3) is 0 Å². The summed E-state index contributed by atoms with van der Waals surface area (Å²) < 4.78 is 9.47. The van der Waals surface area contributed by atoms with Gasteiger partial charge in [0.05, 0.1) is 12.3 Å². The van der Waals surface area contributed by atoms with Crippen molar-refractivity contribution in [3.63, 3.8) is 0 Å². The average molecular weight is 497 g/mol. The summed E-state index contributed by atoms with van der Waals surface area (Å²) in [7, 11) is 0. The summed E-state index contributed by atoms with van der Waals surface area (Å²) in [6, 6.07) is 8.99. The maximum Gasteiger partial charge on any atom is 0.273 e. The van der Waals surface area contributed by atoms with E-state index in [1.807, 2.05) is 27.7 Å². The number of pyridine rings is 1. The Morgan fingerprint density at radius 3 is 2.26 bits per heavy atom. The second kappa shape index (κ2) is 10.5. The first-order chi connectivity index (χ1) is 16.5. The Bertz CT molecular complexity index is 1210. The number of hydrogen-bond donors (Lipinski definition) is 3. The van der Waals surface area contributed by atoms with Crippen molar-refractivity contribution in [2.24, 2.45) is 5.73 Å². The summed E-state index contributed by atoms with van der Waals surface area (Å²) in [5.41, 5.74) is 11.5. The molecule has 0 saturated carbocycles. The molecule has 0 aliphatic heterocycles. The molecule has 3 rings (SSSR count). The molecular weight excluding hydrogens is 468 g/mol. The quantitative estimate of drug-likeness (QED) is 0.433. The Morgan fingerprint density at radius 2 is 1.74 bits per heavy atom. The van der Waals surface area contributed by atoms with Gasteiger partial charge in [0.2, 0.25) is 5.91 Å². The second-order valence-electron chi connectivity index (χ2n) is 8.66. The molecule has 1 atom stereocenters. The maximum absolute atomic E-state index is 13.9. The van der Waals surface area contributed by atoms with Crippen molar-refractivity contribution in [3.8, 4) is 5.75 Å². The van der Waals surface area contributed by atoms with E-state index in [1.54, 1.807) is 48.8 Å². The fourth-order valence-electron chi connectivity index (χ4n) is 3.39. The fourth-order valence-corrected chi connectivity index (χ4v) is 4.14. The van der Waals surface area contributed by atoms with Gasteiger partial charge in [-0.1, -0.05) is 0 Å². The minimum absolute atomic E-state index is 0.00435. The highest BCUT2D eigenvalue weighted by atomic mass is 32.1. The number of nitrogens with two attached hydrogens (primary N) is 2. The number of hydrogen-bond acceptors (Lipinski definition) is 8. The van der Waals surface area contributed by atoms with E-state index in [0.29, 0.717) is 23.6 Å². The zero-order valence-electron chi connectivity index (χ0n) is 19.9. The molecule has 0 fully saturated rings. The lowest BCUT2D eigenvalue weighted by atomic mass is 10.0. The predicted octanol–water partition coefficient (Wildman–Crippen LogP) is 2.92. The first-order valence-electron chi connectivity index (χ1n) is 10.9. The number of ether oxygens (including phenoxy) is 1. The van der Waals surface area contributed by atoms with E-state index in [0.717, 1.165) is 11.5 Å². The van der Waals surface area contributed by atoms with Crippen LogP contribution in [0.1, 0.15) is 59.5 Å². The molecule has 3 aromatic rings. The largest absolute Gasteiger partial charge is 0.494 e. The third-order valence-electron chi connectivity index (χ3n) is 4.83. The monoisotopic (exact) mass is 496 g/mol. The van der Waals surface area contributed by atoms with E-state index in [-0.39, 0.29) is 16.3 Å². The van der Waals surface area contributed by atoms with E-state index in [4.69, 9.17) is 16.2 Å². The molecule has 0 unspecified atom stereocenters. The first kappa shape index (κ1) is 25.6. The smallest absolute Gasteiger partial charge is 0.273 e. The van der Waals surface area contributed by atoms with Crippen molar-refractivity contribution in [1.29, 1.82) is 0 Å². The molecular formula is C24H28N6O4S. The molecule has 0 bridgehead atoms. The van der Waals surface area contributed by atoms with Crippen LogP contribution < -0.4 is 26.4 Å². The molecule has 10 nitrogen and oxygen atoms in total. The van der Waals surface area contributed by atoms with E-state index in [2.05, 4.69) is 14.7 Å². The number of aromatic nitrogens is 2. The number of benzene rings is 1. The van der Waals surface area contributed by atoms with E-state index in [1.165, 1.54) is 4.90 Å². The maximum atomic E-state index is 13.9. The molecule has 5 N–H and O–H groups in total. The number of nitrogens with zero attached hydrogens (tertiary/aromatic N) is 3. The lowest BCUT2D eigenvalue weighted by Gasteiger charge is -2.33. The molecule has 0 aliphatic rings. The Balaban J connectivity index is 2.20. The van der Waals surface area contributed by atoms with Crippen LogP contribution in [0.15, 0.2) is 48.8 Å². The van der Waals surface area contributed by atoms with Crippen molar-refractivity contribution in [2.75, 3.05) is 17.2 Å². The van der Waals surface area contributed by atoms with Gasteiger partial charge in [0, 0.05) is 23.6 Å². The van der Waals surface area contributed by atoms with E-state index < -0.39 is 29.3 Å². The van der Waals surface area contributed by atoms with Gasteiger partial charge < -0.3 is 21.5 Å². The van der Waals surface area contributed by atoms with Gasteiger partial charge in [0.15, 0.2) is 5.69 Å². The minimum Gasteiger partial charge on any atom is -0.494 e. The number of rotatable bonds is 8. The first-order valence-corrected chi connectivity index (χ1v) is 11.6.